The third kappa shape index (κ3) is 4.56. The number of thiophene rings is 4. The Balaban J connectivity index is 0.000000144. The molecule has 0 saturated heterocycles. The molecule has 0 spiro atoms. The van der Waals surface area contributed by atoms with E-state index >= 15 is 0 Å². The smallest absolute Gasteiger partial charge is 0.475 e. The van der Waals surface area contributed by atoms with Crippen molar-refractivity contribution >= 4 is 57.1 Å². The molecule has 0 radical (unpaired) electrons. The number of rotatable bonds is 0. The van der Waals surface area contributed by atoms with Crippen molar-refractivity contribution in [3.8, 4) is 19.5 Å². The molecule has 3 N–H and O–H groups in total. The molecule has 0 bridgehead atoms. The number of Topliss-reactive ketones (excluding diaryl/α,β-unsaturated/α-hetero) is 1. The molecule has 0 saturated carbocycles. The van der Waals surface area contributed by atoms with Crippen molar-refractivity contribution in [3.05, 3.63) is 68.0 Å². The van der Waals surface area contributed by atoms with E-state index in [0.717, 1.165) is 31.3 Å². The molecular formula is C26H23F3O5S4. The van der Waals surface area contributed by atoms with Gasteiger partial charge in [-0.15, -0.1) is 45.3 Å². The van der Waals surface area contributed by atoms with Crippen LogP contribution in [0.25, 0.3) is 19.5 Å². The minimum Gasteiger partial charge on any atom is -0.475 e. The van der Waals surface area contributed by atoms with Crippen molar-refractivity contribution in [1.29, 1.82) is 0 Å². The first-order valence-electron chi connectivity index (χ1n) is 11.1. The lowest BCUT2D eigenvalue weighted by atomic mass is 9.72. The molecule has 2 aliphatic rings. The number of carbonyl (C=O) groups is 2. The highest BCUT2D eigenvalue weighted by Crippen LogP contribution is 2.55. The number of hydrogen-bond acceptors (Lipinski definition) is 8. The van der Waals surface area contributed by atoms with Gasteiger partial charge >= 0.3 is 12.1 Å². The average molecular weight is 601 g/mol. The van der Waals surface area contributed by atoms with Crippen molar-refractivity contribution in [2.24, 2.45) is 0 Å². The number of aliphatic carboxylic acids is 1. The molecule has 0 amide bonds. The summed E-state index contributed by atoms with van der Waals surface area (Å²) >= 11 is 6.63. The van der Waals surface area contributed by atoms with Gasteiger partial charge in [-0.3, -0.25) is 4.79 Å². The van der Waals surface area contributed by atoms with Crippen molar-refractivity contribution in [3.63, 3.8) is 0 Å². The van der Waals surface area contributed by atoms with E-state index in [-0.39, 0.29) is 11.2 Å². The molecular weight excluding hydrogens is 578 g/mol. The Kier molecular flexibility index (Phi) is 7.30. The zero-order valence-electron chi connectivity index (χ0n) is 20.5. The zero-order valence-corrected chi connectivity index (χ0v) is 23.8. The molecule has 0 aromatic carbocycles. The second-order valence-corrected chi connectivity index (χ2v) is 13.2. The van der Waals surface area contributed by atoms with E-state index in [1.807, 2.05) is 48.2 Å². The fraction of sp³-hybridized carbons (Fsp3) is 0.308. The Labute approximate surface area is 232 Å². The van der Waals surface area contributed by atoms with Crippen LogP contribution in [-0.4, -0.2) is 33.2 Å². The number of carboxylic acid groups (broad SMARTS) is 1. The fourth-order valence-electron chi connectivity index (χ4n) is 4.36. The predicted molar refractivity (Wildman–Crippen MR) is 145 cm³/mol. The number of fused-ring (bicyclic) bond motifs is 6. The van der Waals surface area contributed by atoms with Crippen LogP contribution in [0, 0.1) is 0 Å². The number of ketones is 1. The summed E-state index contributed by atoms with van der Waals surface area (Å²) < 4.78 is 31.7. The molecule has 4 heterocycles. The quantitative estimate of drug-likeness (QED) is 0.194. The fourth-order valence-corrected chi connectivity index (χ4v) is 8.69. The van der Waals surface area contributed by atoms with Gasteiger partial charge in [0.25, 0.3) is 0 Å². The van der Waals surface area contributed by atoms with Crippen LogP contribution >= 0.6 is 45.3 Å². The second-order valence-electron chi connectivity index (χ2n) is 9.56. The van der Waals surface area contributed by atoms with Crippen molar-refractivity contribution < 1.29 is 38.1 Å². The molecule has 2 unspecified atom stereocenters. The lowest BCUT2D eigenvalue weighted by Crippen LogP contribution is -2.46. The van der Waals surface area contributed by atoms with Gasteiger partial charge in [-0.05, 0) is 79.0 Å². The number of aliphatic hydroxyl groups is 2. The average Bonchev–Trinajstić information content (AvgIpc) is 3.60. The summed E-state index contributed by atoms with van der Waals surface area (Å²) in [5, 5.41) is 36.3. The number of halogens is 3. The zero-order chi connectivity index (χ0) is 28.3. The predicted octanol–water partition coefficient (Wildman–Crippen LogP) is 7.49. The van der Waals surface area contributed by atoms with Gasteiger partial charge in [0.05, 0.1) is 20.0 Å². The van der Waals surface area contributed by atoms with Gasteiger partial charge in [0.2, 0.25) is 0 Å². The summed E-state index contributed by atoms with van der Waals surface area (Å²) in [6.45, 7) is 7.39. The molecule has 2 aliphatic carbocycles. The Bertz CT molecular complexity index is 1450. The molecule has 4 aromatic rings. The van der Waals surface area contributed by atoms with Gasteiger partial charge < -0.3 is 15.3 Å². The first-order chi connectivity index (χ1) is 17.5. The Morgan fingerprint density at radius 2 is 1.05 bits per heavy atom. The Morgan fingerprint density at radius 1 is 0.711 bits per heavy atom. The van der Waals surface area contributed by atoms with Gasteiger partial charge in [0, 0.05) is 21.6 Å². The number of alkyl halides is 3. The van der Waals surface area contributed by atoms with Crippen LogP contribution in [0.4, 0.5) is 13.2 Å². The van der Waals surface area contributed by atoms with E-state index in [1.54, 1.807) is 59.2 Å². The summed E-state index contributed by atoms with van der Waals surface area (Å²) in [4.78, 5) is 25.8. The van der Waals surface area contributed by atoms with E-state index in [9.17, 15) is 28.2 Å². The molecule has 0 fully saturated rings. The Morgan fingerprint density at radius 3 is 1.47 bits per heavy atom. The SMILES string of the molecule is CC1(C)C(=O)c2ccsc2-c2sccc21.CC1(O)c2ccsc2-c2sccc2C1(C)O.O=C(O)C(F)(F)F. The first kappa shape index (κ1) is 28.7. The third-order valence-electron chi connectivity index (χ3n) is 6.80. The van der Waals surface area contributed by atoms with Gasteiger partial charge in [-0.2, -0.15) is 13.2 Å². The lowest BCUT2D eigenvalue weighted by Gasteiger charge is -2.42. The van der Waals surface area contributed by atoms with E-state index in [2.05, 4.69) is 11.4 Å². The normalized spacial score (nSPS) is 22.5. The van der Waals surface area contributed by atoms with Crippen LogP contribution in [0.5, 0.6) is 0 Å². The van der Waals surface area contributed by atoms with Gasteiger partial charge in [0.1, 0.15) is 11.2 Å². The van der Waals surface area contributed by atoms with E-state index in [4.69, 9.17) is 9.90 Å². The topological polar surface area (TPSA) is 94.8 Å². The van der Waals surface area contributed by atoms with Gasteiger partial charge in [0.15, 0.2) is 5.78 Å². The molecule has 202 valence electrons. The number of hydrogen-bond donors (Lipinski definition) is 3. The molecule has 0 aliphatic heterocycles. The third-order valence-corrected chi connectivity index (χ3v) is 10.8. The highest BCUT2D eigenvalue weighted by Gasteiger charge is 2.51. The molecule has 6 rings (SSSR count). The van der Waals surface area contributed by atoms with Crippen molar-refractivity contribution in [1.82, 2.24) is 0 Å². The summed E-state index contributed by atoms with van der Waals surface area (Å²) in [6.07, 6.45) is -5.08. The second kappa shape index (κ2) is 9.68. The summed E-state index contributed by atoms with van der Waals surface area (Å²) in [6, 6.07) is 7.83. The maximum atomic E-state index is 12.3. The van der Waals surface area contributed by atoms with E-state index in [0.29, 0.717) is 0 Å². The molecule has 12 heteroatoms. The first-order valence-corrected chi connectivity index (χ1v) is 14.7. The molecule has 5 nitrogen and oxygen atoms in total. The monoisotopic (exact) mass is 600 g/mol. The highest BCUT2D eigenvalue weighted by molar-refractivity contribution is 7.21. The maximum Gasteiger partial charge on any atom is 0.490 e. The maximum absolute atomic E-state index is 12.3. The minimum atomic E-state index is -5.08. The van der Waals surface area contributed by atoms with Gasteiger partial charge in [-0.1, -0.05) is 0 Å². The summed E-state index contributed by atoms with van der Waals surface area (Å²) in [5.74, 6) is -2.50. The standard InChI is InChI=1S/C12H12O2S2.C12H10OS2.C2HF3O2/c1-11(13)7-3-5-15-9(7)10-8(4-6-16-10)12(11,2)14;1-12(2)8-4-6-15-10(8)9-7(11(12)13)3-5-14-9;3-2(4,5)1(6)7/h3-6,13-14H,1-2H3;3-6H,1-2H3;(H,6,7). The molecule has 2 atom stereocenters. The van der Waals surface area contributed by atoms with Crippen molar-refractivity contribution in [2.45, 2.75) is 50.5 Å². The van der Waals surface area contributed by atoms with Crippen LogP contribution < -0.4 is 0 Å². The lowest BCUT2D eigenvalue weighted by molar-refractivity contribution is -0.192. The van der Waals surface area contributed by atoms with Crippen LogP contribution in [0.2, 0.25) is 0 Å². The van der Waals surface area contributed by atoms with E-state index in [1.165, 1.54) is 10.4 Å². The minimum absolute atomic E-state index is 0.254. The number of carboxylic acids is 1. The highest BCUT2D eigenvalue weighted by atomic mass is 32.1. The van der Waals surface area contributed by atoms with Crippen LogP contribution in [0.15, 0.2) is 45.8 Å². The van der Waals surface area contributed by atoms with E-state index < -0.39 is 23.3 Å². The van der Waals surface area contributed by atoms with Crippen LogP contribution in [-0.2, 0) is 21.4 Å². The van der Waals surface area contributed by atoms with Crippen LogP contribution in [0.3, 0.4) is 0 Å². The molecule has 38 heavy (non-hydrogen) atoms. The Hall–Kier alpha value is -2.35. The van der Waals surface area contributed by atoms with Crippen molar-refractivity contribution in [2.75, 3.05) is 0 Å². The summed E-state index contributed by atoms with van der Waals surface area (Å²) in [5.41, 5.74) is 0.943. The summed E-state index contributed by atoms with van der Waals surface area (Å²) in [7, 11) is 0. The molecule has 4 aromatic heterocycles. The van der Waals surface area contributed by atoms with Gasteiger partial charge in [-0.25, -0.2) is 4.79 Å². The van der Waals surface area contributed by atoms with Crippen LogP contribution in [0.1, 0.15) is 54.7 Å². The number of carbonyl (C=O) groups excluding carboxylic acids is 1. The largest absolute Gasteiger partial charge is 0.490 e.